The molecular formula is C20H21FN2O2. The first-order valence-corrected chi connectivity index (χ1v) is 8.62. The van der Waals surface area contributed by atoms with Gasteiger partial charge in [-0.3, -0.25) is 0 Å². The summed E-state index contributed by atoms with van der Waals surface area (Å²) in [5, 5.41) is 6.19. The number of alkyl carbamates (subject to hydrolysis) is 1. The average Bonchev–Trinajstić information content (AvgIpc) is 2.99. The van der Waals surface area contributed by atoms with Crippen LogP contribution in [0, 0.1) is 17.7 Å². The minimum atomic E-state index is -0.461. The molecule has 0 bridgehead atoms. The van der Waals surface area contributed by atoms with Crippen molar-refractivity contribution in [1.29, 1.82) is 0 Å². The van der Waals surface area contributed by atoms with E-state index in [0.717, 1.165) is 18.7 Å². The molecule has 4 rings (SSSR count). The molecular weight excluding hydrogens is 319 g/mol. The third kappa shape index (κ3) is 2.89. The van der Waals surface area contributed by atoms with Crippen molar-refractivity contribution in [2.75, 3.05) is 19.6 Å². The lowest BCUT2D eigenvalue weighted by Crippen LogP contribution is -2.38. The van der Waals surface area contributed by atoms with Gasteiger partial charge in [-0.15, -0.1) is 0 Å². The van der Waals surface area contributed by atoms with E-state index in [1.54, 1.807) is 6.07 Å². The summed E-state index contributed by atoms with van der Waals surface area (Å²) in [7, 11) is 0. The summed E-state index contributed by atoms with van der Waals surface area (Å²) in [6, 6.07) is 16.4. The van der Waals surface area contributed by atoms with Gasteiger partial charge in [-0.1, -0.05) is 48.5 Å². The zero-order valence-corrected chi connectivity index (χ0v) is 13.9. The summed E-state index contributed by atoms with van der Waals surface area (Å²) >= 11 is 0. The Morgan fingerprint density at radius 1 is 1.12 bits per heavy atom. The number of ether oxygens (including phenoxy) is 1. The Balaban J connectivity index is 1.41. The van der Waals surface area contributed by atoms with Crippen LogP contribution in [0.1, 0.15) is 11.1 Å². The maximum Gasteiger partial charge on any atom is 0.407 e. The van der Waals surface area contributed by atoms with Crippen molar-refractivity contribution in [2.45, 2.75) is 12.0 Å². The van der Waals surface area contributed by atoms with E-state index in [0.29, 0.717) is 23.9 Å². The Morgan fingerprint density at radius 3 is 2.52 bits per heavy atom. The van der Waals surface area contributed by atoms with Crippen LogP contribution in [0.15, 0.2) is 54.6 Å². The van der Waals surface area contributed by atoms with E-state index in [1.165, 1.54) is 6.07 Å². The molecule has 1 unspecified atom stereocenters. The summed E-state index contributed by atoms with van der Waals surface area (Å²) in [6.07, 6.45) is -0.461. The second-order valence-electron chi connectivity index (χ2n) is 6.81. The molecule has 1 aliphatic heterocycles. The van der Waals surface area contributed by atoms with E-state index in [-0.39, 0.29) is 17.8 Å². The van der Waals surface area contributed by atoms with Gasteiger partial charge in [0, 0.05) is 12.0 Å². The molecule has 2 aromatic rings. The van der Waals surface area contributed by atoms with E-state index in [1.807, 2.05) is 42.5 Å². The van der Waals surface area contributed by atoms with Gasteiger partial charge < -0.3 is 15.4 Å². The molecule has 1 saturated carbocycles. The molecule has 4 nitrogen and oxygen atoms in total. The summed E-state index contributed by atoms with van der Waals surface area (Å²) in [6.45, 7) is 2.35. The summed E-state index contributed by atoms with van der Waals surface area (Å²) in [5.74, 6) is 0.522. The molecule has 1 saturated heterocycles. The Morgan fingerprint density at radius 2 is 1.80 bits per heavy atom. The molecule has 130 valence electrons. The fraction of sp³-hybridized carbons (Fsp3) is 0.350. The number of amides is 1. The Hall–Kier alpha value is -2.40. The fourth-order valence-electron chi connectivity index (χ4n) is 4.24. The lowest BCUT2D eigenvalue weighted by molar-refractivity contribution is 0.138. The topological polar surface area (TPSA) is 50.4 Å². The standard InChI is InChI=1S/C20H21FN2O2/c21-18-9-5-4-8-15(18)20(16-10-22-11-17(16)20)13-23-19(24)25-12-14-6-2-1-3-7-14/h1-9,16-17,22H,10-13H2,(H,23,24)/t16-,17+,20?. The Bertz CT molecular complexity index is 755. The second kappa shape index (κ2) is 6.48. The van der Waals surface area contributed by atoms with Crippen molar-refractivity contribution in [3.63, 3.8) is 0 Å². The van der Waals surface area contributed by atoms with Crippen LogP contribution in [0.5, 0.6) is 0 Å². The van der Waals surface area contributed by atoms with Crippen molar-refractivity contribution in [2.24, 2.45) is 11.8 Å². The van der Waals surface area contributed by atoms with Crippen LogP contribution in [0.25, 0.3) is 0 Å². The molecule has 0 aromatic heterocycles. The first-order valence-electron chi connectivity index (χ1n) is 8.62. The highest BCUT2D eigenvalue weighted by atomic mass is 19.1. The van der Waals surface area contributed by atoms with E-state index in [2.05, 4.69) is 10.6 Å². The van der Waals surface area contributed by atoms with E-state index in [4.69, 9.17) is 4.74 Å². The number of hydrogen-bond donors (Lipinski definition) is 2. The van der Waals surface area contributed by atoms with Crippen LogP contribution < -0.4 is 10.6 Å². The first kappa shape index (κ1) is 16.1. The van der Waals surface area contributed by atoms with Gasteiger partial charge in [0.1, 0.15) is 12.4 Å². The Kier molecular flexibility index (Phi) is 4.17. The summed E-state index contributed by atoms with van der Waals surface area (Å²) in [5.41, 5.74) is 1.33. The Labute approximate surface area is 146 Å². The predicted molar refractivity (Wildman–Crippen MR) is 92.6 cm³/mol. The number of fused-ring (bicyclic) bond motifs is 1. The third-order valence-electron chi connectivity index (χ3n) is 5.54. The second-order valence-corrected chi connectivity index (χ2v) is 6.81. The van der Waals surface area contributed by atoms with Crippen LogP contribution in [0.4, 0.5) is 9.18 Å². The number of hydrogen-bond acceptors (Lipinski definition) is 3. The largest absolute Gasteiger partial charge is 0.445 e. The maximum absolute atomic E-state index is 14.4. The molecule has 5 heteroatoms. The van der Waals surface area contributed by atoms with Gasteiger partial charge in [0.05, 0.1) is 0 Å². The van der Waals surface area contributed by atoms with Gasteiger partial charge in [-0.2, -0.15) is 0 Å². The normalized spacial score (nSPS) is 26.8. The van der Waals surface area contributed by atoms with Crippen LogP contribution >= 0.6 is 0 Å². The zero-order valence-electron chi connectivity index (χ0n) is 13.9. The van der Waals surface area contributed by atoms with Gasteiger partial charge in [0.15, 0.2) is 0 Å². The van der Waals surface area contributed by atoms with Crippen molar-refractivity contribution >= 4 is 6.09 Å². The number of rotatable bonds is 5. The molecule has 1 heterocycles. The van der Waals surface area contributed by atoms with E-state index in [9.17, 15) is 9.18 Å². The van der Waals surface area contributed by atoms with Gasteiger partial charge >= 0.3 is 6.09 Å². The summed E-state index contributed by atoms with van der Waals surface area (Å²) in [4.78, 5) is 12.1. The van der Waals surface area contributed by atoms with Gasteiger partial charge in [-0.25, -0.2) is 9.18 Å². The van der Waals surface area contributed by atoms with Gasteiger partial charge in [0.25, 0.3) is 0 Å². The molecule has 2 aliphatic rings. The number of carbonyl (C=O) groups is 1. The lowest BCUT2D eigenvalue weighted by atomic mass is 9.89. The number of piperidine rings is 1. The minimum Gasteiger partial charge on any atom is -0.445 e. The molecule has 2 N–H and O–H groups in total. The number of benzene rings is 2. The van der Waals surface area contributed by atoms with Gasteiger partial charge in [0.2, 0.25) is 0 Å². The maximum atomic E-state index is 14.4. The fourth-order valence-corrected chi connectivity index (χ4v) is 4.24. The first-order chi connectivity index (χ1) is 12.2. The summed E-state index contributed by atoms with van der Waals surface area (Å²) < 4.78 is 19.6. The van der Waals surface area contributed by atoms with E-state index < -0.39 is 6.09 Å². The van der Waals surface area contributed by atoms with Crippen molar-refractivity contribution in [3.05, 3.63) is 71.5 Å². The molecule has 2 fully saturated rings. The van der Waals surface area contributed by atoms with Crippen molar-refractivity contribution < 1.29 is 13.9 Å². The number of nitrogens with one attached hydrogen (secondary N) is 2. The number of carbonyl (C=O) groups excluding carboxylic acids is 1. The van der Waals surface area contributed by atoms with E-state index >= 15 is 0 Å². The van der Waals surface area contributed by atoms with Crippen molar-refractivity contribution in [3.8, 4) is 0 Å². The van der Waals surface area contributed by atoms with Crippen LogP contribution in [0.3, 0.4) is 0 Å². The predicted octanol–water partition coefficient (Wildman–Crippen LogP) is 2.84. The molecule has 1 aliphatic carbocycles. The SMILES string of the molecule is O=C(NCC1(c2ccccc2F)[C@@H]2CNC[C@@H]21)OCc1ccccc1. The zero-order chi connectivity index (χ0) is 17.3. The van der Waals surface area contributed by atoms with Gasteiger partial charge in [-0.05, 0) is 42.1 Å². The average molecular weight is 340 g/mol. The quantitative estimate of drug-likeness (QED) is 0.880. The minimum absolute atomic E-state index is 0.198. The molecule has 25 heavy (non-hydrogen) atoms. The van der Waals surface area contributed by atoms with Crippen LogP contribution in [-0.2, 0) is 16.8 Å². The highest BCUT2D eigenvalue weighted by Crippen LogP contribution is 2.61. The number of halogens is 1. The molecule has 1 amide bonds. The molecule has 0 radical (unpaired) electrons. The monoisotopic (exact) mass is 340 g/mol. The highest BCUT2D eigenvalue weighted by molar-refractivity contribution is 5.67. The van der Waals surface area contributed by atoms with Crippen LogP contribution in [-0.4, -0.2) is 25.7 Å². The molecule has 0 spiro atoms. The highest BCUT2D eigenvalue weighted by Gasteiger charge is 2.67. The molecule has 3 atom stereocenters. The lowest BCUT2D eigenvalue weighted by Gasteiger charge is -2.23. The van der Waals surface area contributed by atoms with Crippen LogP contribution in [0.2, 0.25) is 0 Å². The van der Waals surface area contributed by atoms with Crippen molar-refractivity contribution in [1.82, 2.24) is 10.6 Å². The molecule has 2 aromatic carbocycles. The third-order valence-corrected chi connectivity index (χ3v) is 5.54. The smallest absolute Gasteiger partial charge is 0.407 e.